The van der Waals surface area contributed by atoms with E-state index in [1.54, 1.807) is 36.7 Å². The summed E-state index contributed by atoms with van der Waals surface area (Å²) in [7, 11) is 0. The van der Waals surface area contributed by atoms with Crippen LogP contribution in [0.3, 0.4) is 0 Å². The summed E-state index contributed by atoms with van der Waals surface area (Å²) in [6.45, 7) is 3.70. The molecule has 1 N–H and O–H groups in total. The largest absolute Gasteiger partial charge is 0.507 e. The maximum Gasteiger partial charge on any atom is 0.295 e. The summed E-state index contributed by atoms with van der Waals surface area (Å²) < 4.78 is 17.0. The molecule has 0 aliphatic carbocycles. The van der Waals surface area contributed by atoms with Crippen LogP contribution in [-0.2, 0) is 16.1 Å². The third-order valence-electron chi connectivity index (χ3n) is 6.39. The number of aliphatic hydroxyl groups is 1. The smallest absolute Gasteiger partial charge is 0.295 e. The number of ketones is 1. The summed E-state index contributed by atoms with van der Waals surface area (Å²) in [5.74, 6) is 0.0476. The molecule has 37 heavy (non-hydrogen) atoms. The predicted molar refractivity (Wildman–Crippen MR) is 136 cm³/mol. The summed E-state index contributed by atoms with van der Waals surface area (Å²) in [6, 6.07) is 15.1. The number of nitrogens with zero attached hydrogens (tertiary/aromatic N) is 2. The van der Waals surface area contributed by atoms with Crippen molar-refractivity contribution in [3.05, 3.63) is 89.3 Å². The van der Waals surface area contributed by atoms with E-state index < -0.39 is 17.7 Å². The molecule has 0 radical (unpaired) electrons. The Balaban J connectivity index is 1.56. The molecular weight excluding hydrogens is 472 g/mol. The molecule has 2 aliphatic rings. The van der Waals surface area contributed by atoms with Crippen molar-refractivity contribution in [2.45, 2.75) is 32.4 Å². The molecule has 1 fully saturated rings. The maximum atomic E-state index is 13.3. The van der Waals surface area contributed by atoms with E-state index in [-0.39, 0.29) is 17.9 Å². The van der Waals surface area contributed by atoms with Crippen molar-refractivity contribution in [1.29, 1.82) is 0 Å². The van der Waals surface area contributed by atoms with Gasteiger partial charge in [-0.25, -0.2) is 0 Å². The number of Topliss-reactive ketones (excluding diaryl/α,β-unsaturated/α-hetero) is 1. The minimum atomic E-state index is -0.793. The molecule has 1 amide bonds. The van der Waals surface area contributed by atoms with Gasteiger partial charge < -0.3 is 24.2 Å². The third kappa shape index (κ3) is 5.00. The van der Waals surface area contributed by atoms with E-state index in [4.69, 9.17) is 14.2 Å². The van der Waals surface area contributed by atoms with Crippen molar-refractivity contribution < 1.29 is 28.9 Å². The van der Waals surface area contributed by atoms with Crippen LogP contribution >= 0.6 is 0 Å². The first-order valence-electron chi connectivity index (χ1n) is 12.4. The Kier molecular flexibility index (Phi) is 7.07. The third-order valence-corrected chi connectivity index (χ3v) is 6.39. The number of benzene rings is 2. The average Bonchev–Trinajstić information content (AvgIpc) is 3.18. The Morgan fingerprint density at radius 2 is 1.86 bits per heavy atom. The molecule has 5 rings (SSSR count). The summed E-state index contributed by atoms with van der Waals surface area (Å²) in [5, 5.41) is 11.4. The first-order valence-corrected chi connectivity index (χ1v) is 12.4. The number of fused-ring (bicyclic) bond motifs is 1. The van der Waals surface area contributed by atoms with Gasteiger partial charge in [-0.3, -0.25) is 14.6 Å². The number of carbonyl (C=O) groups excluding carboxylic acids is 2. The van der Waals surface area contributed by atoms with Crippen molar-refractivity contribution in [3.8, 4) is 17.2 Å². The van der Waals surface area contributed by atoms with E-state index >= 15 is 0 Å². The summed E-state index contributed by atoms with van der Waals surface area (Å²) in [6.07, 6.45) is 5.28. The summed E-state index contributed by atoms with van der Waals surface area (Å²) >= 11 is 0. The van der Waals surface area contributed by atoms with Gasteiger partial charge in [0.25, 0.3) is 11.7 Å². The number of amides is 1. The highest BCUT2D eigenvalue weighted by atomic mass is 16.6. The molecule has 2 aliphatic heterocycles. The molecule has 0 saturated carbocycles. The van der Waals surface area contributed by atoms with E-state index in [0.717, 1.165) is 18.4 Å². The topological polar surface area (TPSA) is 98.2 Å². The van der Waals surface area contributed by atoms with Crippen LogP contribution < -0.4 is 14.2 Å². The minimum Gasteiger partial charge on any atom is -0.507 e. The fourth-order valence-electron chi connectivity index (χ4n) is 4.50. The van der Waals surface area contributed by atoms with Gasteiger partial charge in [0.05, 0.1) is 18.2 Å². The molecule has 0 unspecified atom stereocenters. The molecular formula is C29H28N2O6. The quantitative estimate of drug-likeness (QED) is 0.208. The van der Waals surface area contributed by atoms with Gasteiger partial charge in [0.15, 0.2) is 11.5 Å². The Labute approximate surface area is 215 Å². The minimum absolute atomic E-state index is 0.0187. The standard InChI is InChI=1S/C29H28N2O6/c1-2-3-13-35-22-9-6-20(7-10-22)26-25(27(32)21-8-11-23-24(16-21)37-15-14-36-23)28(33)29(34)31(26)18-19-5-4-12-30-17-19/h4-12,16-17,26,32H,2-3,13-15,18H2,1H3/t26-/m1/s1. The number of rotatable bonds is 8. The van der Waals surface area contributed by atoms with E-state index in [1.807, 2.05) is 30.3 Å². The van der Waals surface area contributed by atoms with Crippen molar-refractivity contribution in [2.24, 2.45) is 0 Å². The zero-order chi connectivity index (χ0) is 25.8. The Bertz CT molecular complexity index is 1320. The van der Waals surface area contributed by atoms with Crippen molar-refractivity contribution in [1.82, 2.24) is 9.88 Å². The summed E-state index contributed by atoms with van der Waals surface area (Å²) in [4.78, 5) is 32.2. The number of ether oxygens (including phenoxy) is 3. The SMILES string of the molecule is CCCCOc1ccc([C@@H]2C(=C(O)c3ccc4c(c3)OCCO4)C(=O)C(=O)N2Cc2cccnc2)cc1. The molecule has 3 aromatic rings. The molecule has 1 aromatic heterocycles. The fraction of sp³-hybridized carbons (Fsp3) is 0.276. The average molecular weight is 501 g/mol. The van der Waals surface area contributed by atoms with Gasteiger partial charge >= 0.3 is 0 Å². The number of likely N-dealkylation sites (tertiary alicyclic amines) is 1. The van der Waals surface area contributed by atoms with Gasteiger partial charge in [-0.15, -0.1) is 0 Å². The second kappa shape index (κ2) is 10.7. The molecule has 0 bridgehead atoms. The monoisotopic (exact) mass is 500 g/mol. The highest BCUT2D eigenvalue weighted by molar-refractivity contribution is 6.46. The number of pyridine rings is 1. The normalized spacial score (nSPS) is 18.2. The molecule has 2 aromatic carbocycles. The lowest BCUT2D eigenvalue weighted by atomic mass is 9.95. The van der Waals surface area contributed by atoms with Crippen molar-refractivity contribution in [3.63, 3.8) is 0 Å². The lowest BCUT2D eigenvalue weighted by Gasteiger charge is -2.25. The molecule has 3 heterocycles. The Hall–Kier alpha value is -4.33. The molecule has 8 nitrogen and oxygen atoms in total. The number of hydrogen-bond acceptors (Lipinski definition) is 7. The van der Waals surface area contributed by atoms with Gasteiger partial charge in [-0.05, 0) is 53.9 Å². The van der Waals surface area contributed by atoms with Gasteiger partial charge in [-0.1, -0.05) is 31.5 Å². The number of hydrogen-bond donors (Lipinski definition) is 1. The number of unbranched alkanes of at least 4 members (excludes halogenated alkanes) is 1. The zero-order valence-corrected chi connectivity index (χ0v) is 20.6. The van der Waals surface area contributed by atoms with Crippen LogP contribution in [0.4, 0.5) is 0 Å². The van der Waals surface area contributed by atoms with Crippen LogP contribution in [0.5, 0.6) is 17.2 Å². The van der Waals surface area contributed by atoms with E-state index in [0.29, 0.717) is 48.2 Å². The van der Waals surface area contributed by atoms with Gasteiger partial charge in [0.2, 0.25) is 0 Å². The first kappa shape index (κ1) is 24.4. The first-order chi connectivity index (χ1) is 18.1. The Morgan fingerprint density at radius 3 is 2.59 bits per heavy atom. The van der Waals surface area contributed by atoms with Crippen molar-refractivity contribution >= 4 is 17.4 Å². The van der Waals surface area contributed by atoms with Crippen LogP contribution in [0.25, 0.3) is 5.76 Å². The number of aliphatic hydroxyl groups excluding tert-OH is 1. The van der Waals surface area contributed by atoms with Gasteiger partial charge in [0.1, 0.15) is 24.7 Å². The Morgan fingerprint density at radius 1 is 1.08 bits per heavy atom. The second-order valence-electron chi connectivity index (χ2n) is 8.92. The zero-order valence-electron chi connectivity index (χ0n) is 20.6. The molecule has 190 valence electrons. The second-order valence-corrected chi connectivity index (χ2v) is 8.92. The van der Waals surface area contributed by atoms with Crippen LogP contribution in [0.1, 0.15) is 42.5 Å². The van der Waals surface area contributed by atoms with E-state index in [2.05, 4.69) is 11.9 Å². The van der Waals surface area contributed by atoms with Crippen LogP contribution in [0.2, 0.25) is 0 Å². The van der Waals surface area contributed by atoms with Gasteiger partial charge in [0, 0.05) is 24.5 Å². The highest BCUT2D eigenvalue weighted by Gasteiger charge is 2.46. The lowest BCUT2D eigenvalue weighted by Crippen LogP contribution is -2.29. The lowest BCUT2D eigenvalue weighted by molar-refractivity contribution is -0.140. The predicted octanol–water partition coefficient (Wildman–Crippen LogP) is 4.65. The van der Waals surface area contributed by atoms with E-state index in [1.165, 1.54) is 4.90 Å². The molecule has 1 saturated heterocycles. The maximum absolute atomic E-state index is 13.3. The number of aromatic nitrogens is 1. The van der Waals surface area contributed by atoms with Gasteiger partial charge in [-0.2, -0.15) is 0 Å². The fourth-order valence-corrected chi connectivity index (χ4v) is 4.50. The van der Waals surface area contributed by atoms with Crippen LogP contribution in [-0.4, -0.2) is 46.5 Å². The molecule has 1 atom stereocenters. The van der Waals surface area contributed by atoms with Crippen molar-refractivity contribution in [2.75, 3.05) is 19.8 Å². The molecule has 0 spiro atoms. The van der Waals surface area contributed by atoms with Crippen LogP contribution in [0, 0.1) is 0 Å². The van der Waals surface area contributed by atoms with E-state index in [9.17, 15) is 14.7 Å². The molecule has 8 heteroatoms. The highest BCUT2D eigenvalue weighted by Crippen LogP contribution is 2.42. The summed E-state index contributed by atoms with van der Waals surface area (Å²) in [5.41, 5.74) is 1.84. The number of carbonyl (C=O) groups is 2. The van der Waals surface area contributed by atoms with Crippen LogP contribution in [0.15, 0.2) is 72.6 Å².